The van der Waals surface area contributed by atoms with Crippen molar-refractivity contribution in [3.05, 3.63) is 6.42 Å². The van der Waals surface area contributed by atoms with Crippen LogP contribution >= 0.6 is 0 Å². The zero-order valence-electron chi connectivity index (χ0n) is 6.18. The van der Waals surface area contributed by atoms with E-state index in [1.165, 1.54) is 0 Å². The highest BCUT2D eigenvalue weighted by Gasteiger charge is 2.17. The second kappa shape index (κ2) is 3.68. The van der Waals surface area contributed by atoms with Crippen LogP contribution in [0.2, 0.25) is 0 Å². The lowest BCUT2D eigenvalue weighted by molar-refractivity contribution is -0.117. The van der Waals surface area contributed by atoms with E-state index in [2.05, 4.69) is 10.6 Å². The molecule has 57 valence electrons. The Morgan fingerprint density at radius 2 is 2.40 bits per heavy atom. The van der Waals surface area contributed by atoms with Crippen LogP contribution in [0.25, 0.3) is 0 Å². The average Bonchev–Trinajstić information content (AvgIpc) is 2.05. The molecular weight excluding hydrogens is 128 g/mol. The van der Waals surface area contributed by atoms with Crippen molar-refractivity contribution in [1.29, 1.82) is 0 Å². The maximum Gasteiger partial charge on any atom is 0.154 e. The minimum absolute atomic E-state index is 0.0127. The zero-order valence-corrected chi connectivity index (χ0v) is 6.18. The number of hydrogen-bond acceptors (Lipinski definition) is 3. The second-order valence-electron chi connectivity index (χ2n) is 2.40. The highest BCUT2D eigenvalue weighted by Crippen LogP contribution is 1.91. The van der Waals surface area contributed by atoms with Gasteiger partial charge in [-0.15, -0.1) is 0 Å². The molecule has 0 spiro atoms. The summed E-state index contributed by atoms with van der Waals surface area (Å²) in [5.41, 5.74) is 0. The molecule has 3 nitrogen and oxygen atoms in total. The number of ketones is 1. The maximum absolute atomic E-state index is 11.0. The molecule has 0 amide bonds. The van der Waals surface area contributed by atoms with Gasteiger partial charge in [0.2, 0.25) is 0 Å². The Labute approximate surface area is 61.2 Å². The topological polar surface area (TPSA) is 41.1 Å². The van der Waals surface area contributed by atoms with E-state index in [1.54, 1.807) is 13.3 Å². The first kappa shape index (κ1) is 7.69. The van der Waals surface area contributed by atoms with Crippen molar-refractivity contribution in [3.63, 3.8) is 0 Å². The van der Waals surface area contributed by atoms with Crippen LogP contribution in [0.3, 0.4) is 0 Å². The zero-order chi connectivity index (χ0) is 7.40. The number of carbonyl (C=O) groups is 1. The normalized spacial score (nSPS) is 26.3. The van der Waals surface area contributed by atoms with Crippen molar-refractivity contribution in [2.45, 2.75) is 13.0 Å². The molecule has 0 aromatic carbocycles. The van der Waals surface area contributed by atoms with E-state index in [4.69, 9.17) is 0 Å². The monoisotopic (exact) mass is 141 g/mol. The lowest BCUT2D eigenvalue weighted by Crippen LogP contribution is -2.52. The number of nitrogens with one attached hydrogen (secondary N) is 2. The molecule has 1 radical (unpaired) electrons. The third-order valence-corrected chi connectivity index (χ3v) is 1.67. The predicted molar refractivity (Wildman–Crippen MR) is 39.6 cm³/mol. The smallest absolute Gasteiger partial charge is 0.154 e. The molecule has 0 aromatic heterocycles. The van der Waals surface area contributed by atoms with Gasteiger partial charge in [0.25, 0.3) is 0 Å². The van der Waals surface area contributed by atoms with E-state index in [-0.39, 0.29) is 11.8 Å². The number of piperazine rings is 1. The van der Waals surface area contributed by atoms with Gasteiger partial charge in [-0.3, -0.25) is 4.79 Å². The van der Waals surface area contributed by atoms with Crippen molar-refractivity contribution >= 4 is 5.78 Å². The molecule has 1 saturated heterocycles. The molecule has 1 aliphatic heterocycles. The van der Waals surface area contributed by atoms with Crippen LogP contribution in [-0.4, -0.2) is 31.5 Å². The van der Waals surface area contributed by atoms with Crippen molar-refractivity contribution in [3.8, 4) is 0 Å². The van der Waals surface area contributed by atoms with Gasteiger partial charge in [0.15, 0.2) is 5.78 Å². The fourth-order valence-electron chi connectivity index (χ4n) is 1.06. The standard InChI is InChI=1S/C7H13N2O/c1-2-7(10)6-5-8-3-4-9-6/h2,6,8-9H,3-5H2,1H3. The molecule has 1 atom stereocenters. The lowest BCUT2D eigenvalue weighted by atomic mass is 10.1. The fraction of sp³-hybridized carbons (Fsp3) is 0.714. The minimum atomic E-state index is 0.0127. The number of Topliss-reactive ketones (excluding diaryl/α,β-unsaturated/α-hetero) is 1. The third-order valence-electron chi connectivity index (χ3n) is 1.67. The molecule has 1 rings (SSSR count). The average molecular weight is 141 g/mol. The quantitative estimate of drug-likeness (QED) is 0.536. The highest BCUT2D eigenvalue weighted by atomic mass is 16.1. The lowest BCUT2D eigenvalue weighted by Gasteiger charge is -2.22. The van der Waals surface area contributed by atoms with Crippen LogP contribution in [0.5, 0.6) is 0 Å². The summed E-state index contributed by atoms with van der Waals surface area (Å²) in [6.45, 7) is 4.40. The van der Waals surface area contributed by atoms with Crippen LogP contribution in [0, 0.1) is 6.42 Å². The molecule has 1 fully saturated rings. The van der Waals surface area contributed by atoms with E-state index < -0.39 is 0 Å². The van der Waals surface area contributed by atoms with Crippen LogP contribution in [-0.2, 0) is 4.79 Å². The first-order valence-electron chi connectivity index (χ1n) is 3.62. The van der Waals surface area contributed by atoms with Gasteiger partial charge in [0, 0.05) is 26.1 Å². The summed E-state index contributed by atoms with van der Waals surface area (Å²) in [5.74, 6) is 0.187. The van der Waals surface area contributed by atoms with Gasteiger partial charge in [0.1, 0.15) is 0 Å². The summed E-state index contributed by atoms with van der Waals surface area (Å²) in [5, 5.41) is 6.27. The molecule has 0 aromatic rings. The number of rotatable bonds is 2. The van der Waals surface area contributed by atoms with Crippen LogP contribution in [0.4, 0.5) is 0 Å². The van der Waals surface area contributed by atoms with E-state index >= 15 is 0 Å². The van der Waals surface area contributed by atoms with Gasteiger partial charge in [-0.05, 0) is 0 Å². The van der Waals surface area contributed by atoms with E-state index in [0.29, 0.717) is 0 Å². The Balaban J connectivity index is 2.31. The number of carbonyl (C=O) groups excluding carboxylic acids is 1. The van der Waals surface area contributed by atoms with Gasteiger partial charge >= 0.3 is 0 Å². The Kier molecular flexibility index (Phi) is 2.83. The Bertz CT molecular complexity index is 119. The molecule has 3 heteroatoms. The molecule has 10 heavy (non-hydrogen) atoms. The summed E-state index contributed by atoms with van der Waals surface area (Å²) >= 11 is 0. The summed E-state index contributed by atoms with van der Waals surface area (Å²) in [4.78, 5) is 11.0. The van der Waals surface area contributed by atoms with Crippen LogP contribution < -0.4 is 10.6 Å². The van der Waals surface area contributed by atoms with Crippen molar-refractivity contribution in [2.24, 2.45) is 0 Å². The molecule has 1 aliphatic rings. The van der Waals surface area contributed by atoms with E-state index in [9.17, 15) is 4.79 Å². The van der Waals surface area contributed by atoms with Gasteiger partial charge in [-0.2, -0.15) is 0 Å². The largest absolute Gasteiger partial charge is 0.313 e. The molecular formula is C7H13N2O. The Morgan fingerprint density at radius 3 is 2.90 bits per heavy atom. The van der Waals surface area contributed by atoms with Crippen molar-refractivity contribution in [2.75, 3.05) is 19.6 Å². The molecule has 0 aliphatic carbocycles. The minimum Gasteiger partial charge on any atom is -0.313 e. The molecule has 1 heterocycles. The predicted octanol–water partition coefficient (Wildman–Crippen LogP) is -0.659. The summed E-state index contributed by atoms with van der Waals surface area (Å²) in [6.07, 6.45) is 1.62. The van der Waals surface area contributed by atoms with E-state index in [0.717, 1.165) is 19.6 Å². The van der Waals surface area contributed by atoms with E-state index in [1.807, 2.05) is 0 Å². The van der Waals surface area contributed by atoms with Crippen molar-refractivity contribution in [1.82, 2.24) is 10.6 Å². The first-order valence-corrected chi connectivity index (χ1v) is 3.62. The highest BCUT2D eigenvalue weighted by molar-refractivity contribution is 5.91. The molecule has 1 unspecified atom stereocenters. The first-order chi connectivity index (χ1) is 4.84. The Hall–Kier alpha value is -0.410. The second-order valence-corrected chi connectivity index (χ2v) is 2.40. The molecule has 0 bridgehead atoms. The number of hydrogen-bond donors (Lipinski definition) is 2. The van der Waals surface area contributed by atoms with Gasteiger partial charge in [0.05, 0.1) is 6.04 Å². The van der Waals surface area contributed by atoms with Gasteiger partial charge in [-0.25, -0.2) is 0 Å². The van der Waals surface area contributed by atoms with Gasteiger partial charge in [-0.1, -0.05) is 6.92 Å². The summed E-state index contributed by atoms with van der Waals surface area (Å²) < 4.78 is 0. The molecule has 2 N–H and O–H groups in total. The summed E-state index contributed by atoms with van der Waals surface area (Å²) in [7, 11) is 0. The van der Waals surface area contributed by atoms with Crippen molar-refractivity contribution < 1.29 is 4.79 Å². The molecule has 0 saturated carbocycles. The van der Waals surface area contributed by atoms with Crippen LogP contribution in [0.1, 0.15) is 6.92 Å². The SMILES string of the molecule is C[CH]C(=O)C1CNCCN1. The fourth-order valence-corrected chi connectivity index (χ4v) is 1.06. The summed E-state index contributed by atoms with van der Waals surface area (Å²) in [6, 6.07) is 0.0127. The Morgan fingerprint density at radius 1 is 1.60 bits per heavy atom. The third kappa shape index (κ3) is 1.78. The maximum atomic E-state index is 11.0. The van der Waals surface area contributed by atoms with Gasteiger partial charge < -0.3 is 10.6 Å². The van der Waals surface area contributed by atoms with Crippen LogP contribution in [0.15, 0.2) is 0 Å².